The van der Waals surface area contributed by atoms with E-state index in [4.69, 9.17) is 4.98 Å². The first-order chi connectivity index (χ1) is 17.3. The van der Waals surface area contributed by atoms with Crippen molar-refractivity contribution in [3.8, 4) is 39.9 Å². The fourth-order valence-electron chi connectivity index (χ4n) is 4.58. The third kappa shape index (κ3) is 5.03. The number of hydrogen-bond acceptors (Lipinski definition) is 4. The molecule has 7 heteroatoms. The van der Waals surface area contributed by atoms with Crippen LogP contribution in [0.15, 0.2) is 73.1 Å². The van der Waals surface area contributed by atoms with Gasteiger partial charge in [-0.1, -0.05) is 69.2 Å². The van der Waals surface area contributed by atoms with Gasteiger partial charge in [0.2, 0.25) is 0 Å². The number of aromatic nitrogens is 5. The summed E-state index contributed by atoms with van der Waals surface area (Å²) in [6.45, 7) is 10.8. The van der Waals surface area contributed by atoms with Crippen molar-refractivity contribution in [3.63, 3.8) is 0 Å². The summed E-state index contributed by atoms with van der Waals surface area (Å²) in [5.41, 5.74) is 5.98. The molecule has 0 saturated carbocycles. The van der Waals surface area contributed by atoms with Gasteiger partial charge in [0.1, 0.15) is 23.1 Å². The van der Waals surface area contributed by atoms with Crippen LogP contribution in [0.2, 0.25) is 0 Å². The van der Waals surface area contributed by atoms with Crippen LogP contribution in [0, 0.1) is 13.0 Å². The number of phenols is 1. The Bertz CT molecular complexity index is 1510. The minimum atomic E-state index is 0. The normalized spacial score (nSPS) is 11.2. The van der Waals surface area contributed by atoms with Crippen LogP contribution < -0.4 is 0 Å². The fourth-order valence-corrected chi connectivity index (χ4v) is 4.58. The van der Waals surface area contributed by atoms with Crippen LogP contribution >= 0.6 is 0 Å². The molecule has 0 fully saturated rings. The molecule has 2 aromatic heterocycles. The van der Waals surface area contributed by atoms with Crippen molar-refractivity contribution in [3.05, 3.63) is 96.1 Å². The number of phenolic OH excluding ortho intramolecular Hbond substituents is 1. The molecule has 37 heavy (non-hydrogen) atoms. The molecule has 0 aliphatic carbocycles. The summed E-state index contributed by atoms with van der Waals surface area (Å²) in [5.74, 6) is 2.94. The number of hydrogen-bond donors (Lipinski definition) is 1. The second kappa shape index (κ2) is 10.9. The first kappa shape index (κ1) is 26.6. The van der Waals surface area contributed by atoms with Gasteiger partial charge >= 0.3 is 0 Å². The second-order valence-electron chi connectivity index (χ2n) is 9.58. The number of rotatable bonds is 6. The molecule has 0 atom stereocenters. The Balaban J connectivity index is 0.00000320. The Morgan fingerprint density at radius 2 is 1.49 bits per heavy atom. The predicted octanol–water partition coefficient (Wildman–Crippen LogP) is 6.85. The Kier molecular flexibility index (Phi) is 7.79. The van der Waals surface area contributed by atoms with Gasteiger partial charge in [0.15, 0.2) is 0 Å². The fraction of sp³-hybridized carbons (Fsp3) is 0.233. The minimum Gasteiger partial charge on any atom is -0.506 e. The second-order valence-corrected chi connectivity index (χ2v) is 9.58. The maximum absolute atomic E-state index is 10.3. The molecular formula is C30H30N5OPt-. The SMILES string of the molecule is Cc1nc(-c2[c-]c(-c3nccn3-c3c(C(C)C)cccc3C(C)C)ccc2)nn1-c1ccccc1O.[Pt]. The molecule has 0 aliphatic heterocycles. The zero-order valence-corrected chi connectivity index (χ0v) is 23.9. The largest absolute Gasteiger partial charge is 0.506 e. The summed E-state index contributed by atoms with van der Waals surface area (Å²) >= 11 is 0. The molecule has 192 valence electrons. The van der Waals surface area contributed by atoms with E-state index in [1.807, 2.05) is 49.6 Å². The van der Waals surface area contributed by atoms with Crippen LogP contribution in [0.4, 0.5) is 0 Å². The van der Waals surface area contributed by atoms with E-state index in [2.05, 4.69) is 66.6 Å². The average molecular weight is 672 g/mol. The molecule has 5 rings (SSSR count). The van der Waals surface area contributed by atoms with E-state index >= 15 is 0 Å². The first-order valence-electron chi connectivity index (χ1n) is 12.3. The summed E-state index contributed by atoms with van der Waals surface area (Å²) in [5, 5.41) is 15.0. The monoisotopic (exact) mass is 671 g/mol. The number of nitrogens with zero attached hydrogens (tertiary/aromatic N) is 5. The topological polar surface area (TPSA) is 68.8 Å². The summed E-state index contributed by atoms with van der Waals surface area (Å²) < 4.78 is 3.83. The van der Waals surface area contributed by atoms with E-state index in [1.165, 1.54) is 16.8 Å². The number of imidazole rings is 1. The molecule has 0 aliphatic rings. The first-order valence-corrected chi connectivity index (χ1v) is 12.3. The third-order valence-electron chi connectivity index (χ3n) is 6.38. The van der Waals surface area contributed by atoms with Crippen molar-refractivity contribution in [2.24, 2.45) is 0 Å². The van der Waals surface area contributed by atoms with Crippen LogP contribution in [0.1, 0.15) is 56.5 Å². The molecule has 0 spiro atoms. The molecular weight excluding hydrogens is 641 g/mol. The van der Waals surface area contributed by atoms with Gasteiger partial charge in [-0.3, -0.25) is 9.97 Å². The van der Waals surface area contributed by atoms with E-state index in [-0.39, 0.29) is 26.8 Å². The van der Waals surface area contributed by atoms with Gasteiger partial charge in [-0.2, -0.15) is 5.10 Å². The molecule has 0 radical (unpaired) electrons. The Hall–Kier alpha value is -3.50. The molecule has 0 bridgehead atoms. The van der Waals surface area contributed by atoms with Crippen LogP contribution in [-0.4, -0.2) is 29.4 Å². The third-order valence-corrected chi connectivity index (χ3v) is 6.38. The smallest absolute Gasteiger partial charge is 0.141 e. The van der Waals surface area contributed by atoms with Gasteiger partial charge in [0.25, 0.3) is 0 Å². The molecule has 3 aromatic carbocycles. The van der Waals surface area contributed by atoms with Gasteiger partial charge in [-0.15, -0.1) is 24.3 Å². The van der Waals surface area contributed by atoms with E-state index in [0.29, 0.717) is 29.2 Å². The van der Waals surface area contributed by atoms with Crippen molar-refractivity contribution in [1.82, 2.24) is 24.3 Å². The van der Waals surface area contributed by atoms with Crippen molar-refractivity contribution >= 4 is 0 Å². The Morgan fingerprint density at radius 1 is 0.838 bits per heavy atom. The maximum Gasteiger partial charge on any atom is 0.141 e. The Labute approximate surface area is 232 Å². The van der Waals surface area contributed by atoms with Gasteiger partial charge in [-0.05, 0) is 42.0 Å². The van der Waals surface area contributed by atoms with Crippen molar-refractivity contribution in [2.45, 2.75) is 46.5 Å². The van der Waals surface area contributed by atoms with E-state index < -0.39 is 0 Å². The molecule has 0 unspecified atom stereocenters. The van der Waals surface area contributed by atoms with Crippen molar-refractivity contribution < 1.29 is 26.2 Å². The number of para-hydroxylation sites is 3. The van der Waals surface area contributed by atoms with Crippen LogP contribution in [-0.2, 0) is 21.1 Å². The van der Waals surface area contributed by atoms with Gasteiger partial charge in [-0.25, -0.2) is 4.68 Å². The van der Waals surface area contributed by atoms with Gasteiger partial charge < -0.3 is 9.67 Å². The molecule has 0 saturated heterocycles. The average Bonchev–Trinajstić information content (AvgIpc) is 3.51. The summed E-state index contributed by atoms with van der Waals surface area (Å²) in [6.07, 6.45) is 3.87. The van der Waals surface area contributed by atoms with Crippen molar-refractivity contribution in [2.75, 3.05) is 0 Å². The maximum atomic E-state index is 10.3. The standard InChI is InChI=1S/C30H30N5O.Pt/c1-19(2)24-12-9-13-25(20(3)4)28(24)34-17-16-31-30(34)23-11-8-10-22(18-23)29-32-21(5)35(33-29)26-14-6-7-15-27(26)36;/h6-17,19-20,36H,1-5H3;/q-1;. The molecule has 6 nitrogen and oxygen atoms in total. The zero-order chi connectivity index (χ0) is 25.4. The number of aromatic hydroxyl groups is 1. The van der Waals surface area contributed by atoms with Gasteiger partial charge in [0.05, 0.1) is 5.82 Å². The van der Waals surface area contributed by atoms with Crippen LogP contribution in [0.5, 0.6) is 5.75 Å². The molecule has 5 aromatic rings. The summed E-state index contributed by atoms with van der Waals surface area (Å²) in [6, 6.07) is 23.1. The molecule has 2 heterocycles. The van der Waals surface area contributed by atoms with E-state index in [9.17, 15) is 5.11 Å². The summed E-state index contributed by atoms with van der Waals surface area (Å²) in [7, 11) is 0. The van der Waals surface area contributed by atoms with E-state index in [0.717, 1.165) is 17.0 Å². The Morgan fingerprint density at radius 3 is 2.16 bits per heavy atom. The number of benzene rings is 3. The predicted molar refractivity (Wildman–Crippen MR) is 143 cm³/mol. The van der Waals surface area contributed by atoms with Crippen LogP contribution in [0.3, 0.4) is 0 Å². The minimum absolute atomic E-state index is 0. The summed E-state index contributed by atoms with van der Waals surface area (Å²) in [4.78, 5) is 9.39. The zero-order valence-electron chi connectivity index (χ0n) is 21.6. The quantitative estimate of drug-likeness (QED) is 0.201. The van der Waals surface area contributed by atoms with Crippen molar-refractivity contribution in [1.29, 1.82) is 0 Å². The van der Waals surface area contributed by atoms with E-state index in [1.54, 1.807) is 16.8 Å². The van der Waals surface area contributed by atoms with Gasteiger partial charge in [0, 0.05) is 39.1 Å². The molecule has 0 amide bonds. The van der Waals surface area contributed by atoms with Crippen LogP contribution in [0.25, 0.3) is 34.2 Å². The number of aryl methyl sites for hydroxylation is 1. The molecule has 1 N–H and O–H groups in total.